The van der Waals surface area contributed by atoms with Crippen molar-refractivity contribution in [2.24, 2.45) is 4.99 Å². The number of carbonyl (C=O) groups excluding carboxylic acids is 1. The molecule has 0 N–H and O–H groups in total. The van der Waals surface area contributed by atoms with Crippen LogP contribution >= 0.6 is 19.4 Å². The van der Waals surface area contributed by atoms with Crippen LogP contribution in [0.2, 0.25) is 5.02 Å². The number of phosphoric acid groups is 1. The number of halogens is 1. The van der Waals surface area contributed by atoms with Gasteiger partial charge in [0.15, 0.2) is 0 Å². The van der Waals surface area contributed by atoms with Gasteiger partial charge in [-0.15, -0.1) is 0 Å². The Morgan fingerprint density at radius 1 is 1.07 bits per heavy atom. The van der Waals surface area contributed by atoms with Crippen LogP contribution in [-0.2, 0) is 24.7 Å². The summed E-state index contributed by atoms with van der Waals surface area (Å²) in [4.78, 5) is 19.1. The fourth-order valence-corrected chi connectivity index (χ4v) is 4.32. The molecule has 1 amide bonds. The fourth-order valence-electron chi connectivity index (χ4n) is 2.90. The van der Waals surface area contributed by atoms with Crippen LogP contribution in [0.5, 0.6) is 0 Å². The Balaban J connectivity index is 1.99. The van der Waals surface area contributed by atoms with E-state index < -0.39 is 7.82 Å². The molecule has 154 valence electrons. The van der Waals surface area contributed by atoms with E-state index in [1.807, 2.05) is 30.3 Å². The lowest BCUT2D eigenvalue weighted by Crippen LogP contribution is -2.34. The number of rotatable bonds is 7. The van der Waals surface area contributed by atoms with E-state index in [2.05, 4.69) is 4.99 Å². The van der Waals surface area contributed by atoms with E-state index in [0.717, 1.165) is 5.56 Å². The topological polar surface area (TPSA) is 77.4 Å². The molecule has 0 atom stereocenters. The summed E-state index contributed by atoms with van der Waals surface area (Å²) in [6, 6.07) is 14.5. The number of hydrogen-bond donors (Lipinski definition) is 0. The van der Waals surface area contributed by atoms with Gasteiger partial charge in [-0.2, -0.15) is 0 Å². The molecule has 0 saturated heterocycles. The van der Waals surface area contributed by atoms with E-state index in [9.17, 15) is 9.36 Å². The zero-order valence-electron chi connectivity index (χ0n) is 16.2. The average molecular weight is 437 g/mol. The van der Waals surface area contributed by atoms with Crippen molar-refractivity contribution in [1.29, 1.82) is 0 Å². The van der Waals surface area contributed by atoms with Gasteiger partial charge in [-0.25, -0.2) is 9.56 Å². The largest absolute Gasteiger partial charge is 0.531 e. The van der Waals surface area contributed by atoms with Crippen molar-refractivity contribution in [3.63, 3.8) is 0 Å². The van der Waals surface area contributed by atoms with Crippen LogP contribution in [0.25, 0.3) is 0 Å². The van der Waals surface area contributed by atoms with Gasteiger partial charge in [-0.3, -0.25) is 13.8 Å². The molecule has 0 fully saturated rings. The molecule has 0 unspecified atom stereocenters. The van der Waals surface area contributed by atoms with Crippen molar-refractivity contribution in [2.75, 3.05) is 19.8 Å². The standard InChI is InChI=1S/C20H22ClN2O5P/c1-3-26-29(25,27-4-2)28-18-14-23(13-15-9-6-5-7-10-15)20(24)19-16(21)11-8-12-17(19)22-18/h5-12H,3-4,13-14H2,1-2H3. The van der Waals surface area contributed by atoms with Crippen LogP contribution in [0, 0.1) is 0 Å². The maximum Gasteiger partial charge on any atom is 0.531 e. The molecule has 1 aliphatic heterocycles. The number of nitrogens with zero attached hydrogens (tertiary/aromatic N) is 2. The summed E-state index contributed by atoms with van der Waals surface area (Å²) in [5, 5.41) is 0.286. The fraction of sp³-hybridized carbons (Fsp3) is 0.300. The molecule has 0 radical (unpaired) electrons. The van der Waals surface area contributed by atoms with Crippen molar-refractivity contribution < 1.29 is 22.9 Å². The molecule has 0 bridgehead atoms. The van der Waals surface area contributed by atoms with Crippen LogP contribution in [0.15, 0.2) is 53.5 Å². The van der Waals surface area contributed by atoms with E-state index in [4.69, 9.17) is 25.2 Å². The van der Waals surface area contributed by atoms with Gasteiger partial charge in [-0.1, -0.05) is 48.0 Å². The van der Waals surface area contributed by atoms with Gasteiger partial charge in [0.2, 0.25) is 5.90 Å². The van der Waals surface area contributed by atoms with Crippen LogP contribution in [0.4, 0.5) is 5.69 Å². The summed E-state index contributed by atoms with van der Waals surface area (Å²) < 4.78 is 28.8. The van der Waals surface area contributed by atoms with E-state index in [1.54, 1.807) is 32.0 Å². The first-order valence-corrected chi connectivity index (χ1v) is 11.1. The molecule has 1 aliphatic rings. The minimum Gasteiger partial charge on any atom is -0.388 e. The minimum absolute atomic E-state index is 0.0110. The number of aliphatic imine (C=N–C) groups is 1. The number of benzene rings is 2. The molecule has 7 nitrogen and oxygen atoms in total. The molecular weight excluding hydrogens is 415 g/mol. The molecule has 0 spiro atoms. The first-order valence-electron chi connectivity index (χ1n) is 9.23. The summed E-state index contributed by atoms with van der Waals surface area (Å²) >= 11 is 6.30. The van der Waals surface area contributed by atoms with Gasteiger partial charge < -0.3 is 9.42 Å². The third-order valence-corrected chi connectivity index (χ3v) is 5.97. The van der Waals surface area contributed by atoms with Crippen LogP contribution < -0.4 is 0 Å². The number of phosphoric ester groups is 1. The van der Waals surface area contributed by atoms with E-state index >= 15 is 0 Å². The second-order valence-corrected chi connectivity index (χ2v) is 8.16. The van der Waals surface area contributed by atoms with Gasteiger partial charge in [0.05, 0.1) is 36.0 Å². The summed E-state index contributed by atoms with van der Waals surface area (Å²) in [5.74, 6) is -0.236. The molecular formula is C20H22ClN2O5P. The molecule has 3 rings (SSSR count). The number of carbonyl (C=O) groups is 1. The molecule has 29 heavy (non-hydrogen) atoms. The minimum atomic E-state index is -3.86. The van der Waals surface area contributed by atoms with E-state index in [1.165, 1.54) is 4.90 Å². The predicted octanol–water partition coefficient (Wildman–Crippen LogP) is 5.22. The van der Waals surface area contributed by atoms with Crippen LogP contribution in [-0.4, -0.2) is 36.5 Å². The van der Waals surface area contributed by atoms with Crippen molar-refractivity contribution in [1.82, 2.24) is 4.90 Å². The van der Waals surface area contributed by atoms with Crippen molar-refractivity contribution in [3.05, 3.63) is 64.7 Å². The normalized spacial score (nSPS) is 14.2. The van der Waals surface area contributed by atoms with Gasteiger partial charge in [0, 0.05) is 6.54 Å². The van der Waals surface area contributed by atoms with Crippen LogP contribution in [0.1, 0.15) is 29.8 Å². The van der Waals surface area contributed by atoms with E-state index in [-0.39, 0.29) is 42.1 Å². The Kier molecular flexibility index (Phi) is 7.09. The number of amides is 1. The number of hydrogen-bond acceptors (Lipinski definition) is 6. The maximum atomic E-state index is 13.2. The molecule has 0 aromatic heterocycles. The Hall–Kier alpha value is -2.18. The molecule has 2 aromatic carbocycles. The Labute approximate surface area is 174 Å². The summed E-state index contributed by atoms with van der Waals surface area (Å²) in [6.07, 6.45) is 0. The lowest BCUT2D eigenvalue weighted by Gasteiger charge is -2.23. The summed E-state index contributed by atoms with van der Waals surface area (Å²) in [6.45, 7) is 3.94. The highest BCUT2D eigenvalue weighted by Crippen LogP contribution is 2.50. The highest BCUT2D eigenvalue weighted by molar-refractivity contribution is 7.49. The van der Waals surface area contributed by atoms with Crippen LogP contribution in [0.3, 0.4) is 0 Å². The third kappa shape index (κ3) is 5.25. The average Bonchev–Trinajstić information content (AvgIpc) is 2.80. The maximum absolute atomic E-state index is 13.2. The van der Waals surface area contributed by atoms with Gasteiger partial charge in [0.1, 0.15) is 0 Å². The lowest BCUT2D eigenvalue weighted by atomic mass is 10.1. The van der Waals surface area contributed by atoms with Gasteiger partial charge in [0.25, 0.3) is 5.91 Å². The van der Waals surface area contributed by atoms with Gasteiger partial charge >= 0.3 is 7.82 Å². The highest BCUT2D eigenvalue weighted by atomic mass is 35.5. The monoisotopic (exact) mass is 436 g/mol. The quantitative estimate of drug-likeness (QED) is 0.556. The SMILES string of the molecule is CCOP(=O)(OCC)OC1=Nc2cccc(Cl)c2C(=O)N(Cc2ccccc2)C1. The Bertz CT molecular complexity index is 941. The third-order valence-electron chi connectivity index (χ3n) is 4.07. The molecule has 0 aliphatic carbocycles. The van der Waals surface area contributed by atoms with Crippen molar-refractivity contribution in [2.45, 2.75) is 20.4 Å². The second-order valence-electron chi connectivity index (χ2n) is 6.16. The second kappa shape index (κ2) is 9.55. The zero-order chi connectivity index (χ0) is 20.9. The first kappa shape index (κ1) is 21.5. The first-order chi connectivity index (χ1) is 14.0. The van der Waals surface area contributed by atoms with Gasteiger partial charge in [-0.05, 0) is 31.5 Å². The predicted molar refractivity (Wildman–Crippen MR) is 112 cm³/mol. The molecule has 0 saturated carbocycles. The molecule has 9 heteroatoms. The van der Waals surface area contributed by atoms with Crippen molar-refractivity contribution >= 4 is 36.9 Å². The number of fused-ring (bicyclic) bond motifs is 1. The molecule has 1 heterocycles. The summed E-state index contributed by atoms with van der Waals surface area (Å²) in [5.41, 5.74) is 1.53. The lowest BCUT2D eigenvalue weighted by molar-refractivity contribution is 0.0762. The molecule has 2 aromatic rings. The summed E-state index contributed by atoms with van der Waals surface area (Å²) in [7, 11) is -3.86. The Morgan fingerprint density at radius 2 is 1.76 bits per heavy atom. The zero-order valence-corrected chi connectivity index (χ0v) is 17.9. The smallest absolute Gasteiger partial charge is 0.388 e. The van der Waals surface area contributed by atoms with Crippen molar-refractivity contribution in [3.8, 4) is 0 Å². The highest BCUT2D eigenvalue weighted by Gasteiger charge is 2.33. The van der Waals surface area contributed by atoms with E-state index in [0.29, 0.717) is 12.2 Å². The Morgan fingerprint density at radius 3 is 2.41 bits per heavy atom.